The summed E-state index contributed by atoms with van der Waals surface area (Å²) in [6.07, 6.45) is 7.05. The summed E-state index contributed by atoms with van der Waals surface area (Å²) in [6.45, 7) is 1.35. The number of carbonyl (C=O) groups excluding carboxylic acids is 2. The van der Waals surface area contributed by atoms with Crippen LogP contribution in [0.4, 0.5) is 5.69 Å². The largest absolute Gasteiger partial charge is 0.356 e. The van der Waals surface area contributed by atoms with Crippen LogP contribution in [-0.2, 0) is 22.6 Å². The van der Waals surface area contributed by atoms with Crippen molar-refractivity contribution in [1.82, 2.24) is 5.32 Å². The van der Waals surface area contributed by atoms with Gasteiger partial charge in [-0.25, -0.2) is 0 Å². The Morgan fingerprint density at radius 3 is 2.34 bits per heavy atom. The number of rotatable bonds is 8. The molecule has 152 valence electrons. The van der Waals surface area contributed by atoms with E-state index < -0.39 is 0 Å². The summed E-state index contributed by atoms with van der Waals surface area (Å²) in [7, 11) is 0. The van der Waals surface area contributed by atoms with Crippen LogP contribution in [0.3, 0.4) is 0 Å². The molecule has 0 atom stereocenters. The molecule has 4 nitrogen and oxygen atoms in total. The van der Waals surface area contributed by atoms with Crippen molar-refractivity contribution in [3.8, 4) is 0 Å². The molecule has 2 aromatic rings. The lowest BCUT2D eigenvalue weighted by atomic mass is 10.0. The van der Waals surface area contributed by atoms with E-state index >= 15 is 0 Å². The van der Waals surface area contributed by atoms with Gasteiger partial charge in [-0.1, -0.05) is 55.3 Å². The Bertz CT molecular complexity index is 839. The predicted octanol–water partition coefficient (Wildman–Crippen LogP) is 4.48. The first-order valence-electron chi connectivity index (χ1n) is 10.9. The van der Waals surface area contributed by atoms with Gasteiger partial charge in [0, 0.05) is 18.2 Å². The molecule has 1 N–H and O–H groups in total. The number of nitrogens with zero attached hydrogens (tertiary/aromatic N) is 1. The second kappa shape index (κ2) is 9.25. The van der Waals surface area contributed by atoms with E-state index in [-0.39, 0.29) is 17.7 Å². The van der Waals surface area contributed by atoms with Gasteiger partial charge >= 0.3 is 0 Å². The molecule has 4 heteroatoms. The van der Waals surface area contributed by atoms with Crippen LogP contribution < -0.4 is 10.2 Å². The highest BCUT2D eigenvalue weighted by Crippen LogP contribution is 2.30. The molecular weight excluding hydrogens is 360 g/mol. The van der Waals surface area contributed by atoms with Gasteiger partial charge in [0.1, 0.15) is 0 Å². The molecule has 2 amide bonds. The third-order valence-electron chi connectivity index (χ3n) is 6.03. The van der Waals surface area contributed by atoms with Crippen LogP contribution >= 0.6 is 0 Å². The monoisotopic (exact) mass is 390 g/mol. The number of nitrogens with one attached hydrogen (secondary N) is 1. The number of carbonyl (C=O) groups is 2. The van der Waals surface area contributed by atoms with Crippen molar-refractivity contribution in [3.63, 3.8) is 0 Å². The normalized spacial score (nSPS) is 16.6. The molecule has 2 aromatic carbocycles. The summed E-state index contributed by atoms with van der Waals surface area (Å²) in [5.41, 5.74) is 2.96. The smallest absolute Gasteiger partial charge is 0.230 e. The maximum Gasteiger partial charge on any atom is 0.230 e. The summed E-state index contributed by atoms with van der Waals surface area (Å²) in [5, 5.41) is 3.03. The maximum atomic E-state index is 13.3. The van der Waals surface area contributed by atoms with Crippen molar-refractivity contribution >= 4 is 17.5 Å². The van der Waals surface area contributed by atoms with E-state index in [1.54, 1.807) is 0 Å². The first-order chi connectivity index (χ1) is 14.2. The standard InChI is InChI=1S/C25H30N2O2/c28-24(26-17-19-13-14-19)16-21-9-6-12-23(15-21)27(18-20-7-2-1-3-8-20)25(29)22-10-4-5-11-22/h1-3,6-9,12,15,19,22H,4-5,10-11,13-14,16-18H2,(H,26,28). The summed E-state index contributed by atoms with van der Waals surface area (Å²) in [4.78, 5) is 27.5. The molecule has 2 aliphatic carbocycles. The summed E-state index contributed by atoms with van der Waals surface area (Å²) < 4.78 is 0. The Morgan fingerprint density at radius 1 is 0.897 bits per heavy atom. The topological polar surface area (TPSA) is 49.4 Å². The lowest BCUT2D eigenvalue weighted by molar-refractivity contribution is -0.122. The fourth-order valence-corrected chi connectivity index (χ4v) is 4.12. The van der Waals surface area contributed by atoms with Crippen molar-refractivity contribution in [2.45, 2.75) is 51.5 Å². The molecule has 0 aliphatic heterocycles. The average molecular weight is 391 g/mol. The highest BCUT2D eigenvalue weighted by Gasteiger charge is 2.28. The maximum absolute atomic E-state index is 13.3. The lowest BCUT2D eigenvalue weighted by Crippen LogP contribution is -2.35. The quantitative estimate of drug-likeness (QED) is 0.722. The van der Waals surface area contributed by atoms with Gasteiger partial charge in [0.25, 0.3) is 0 Å². The van der Waals surface area contributed by atoms with Crippen molar-refractivity contribution in [2.75, 3.05) is 11.4 Å². The third kappa shape index (κ3) is 5.47. The van der Waals surface area contributed by atoms with E-state index in [2.05, 4.69) is 17.4 Å². The Hall–Kier alpha value is -2.62. The Balaban J connectivity index is 1.51. The van der Waals surface area contributed by atoms with Crippen molar-refractivity contribution in [1.29, 1.82) is 0 Å². The highest BCUT2D eigenvalue weighted by molar-refractivity contribution is 5.95. The molecule has 0 heterocycles. The van der Waals surface area contributed by atoms with Gasteiger partial charge in [0.2, 0.25) is 11.8 Å². The van der Waals surface area contributed by atoms with E-state index in [1.165, 1.54) is 12.8 Å². The van der Waals surface area contributed by atoms with Crippen LogP contribution in [0.15, 0.2) is 54.6 Å². The number of amides is 2. The fraction of sp³-hybridized carbons (Fsp3) is 0.440. The van der Waals surface area contributed by atoms with Crippen LogP contribution in [0.1, 0.15) is 49.7 Å². The van der Waals surface area contributed by atoms with Crippen molar-refractivity contribution in [2.24, 2.45) is 11.8 Å². The summed E-state index contributed by atoms with van der Waals surface area (Å²) >= 11 is 0. The number of anilines is 1. The summed E-state index contributed by atoms with van der Waals surface area (Å²) in [6, 6.07) is 18.1. The summed E-state index contributed by atoms with van der Waals surface area (Å²) in [5.74, 6) is 1.06. The van der Waals surface area contributed by atoms with E-state index in [0.717, 1.165) is 49.0 Å². The van der Waals surface area contributed by atoms with Crippen LogP contribution in [0, 0.1) is 11.8 Å². The molecule has 2 saturated carbocycles. The molecule has 29 heavy (non-hydrogen) atoms. The first-order valence-corrected chi connectivity index (χ1v) is 10.9. The minimum Gasteiger partial charge on any atom is -0.356 e. The number of hydrogen-bond acceptors (Lipinski definition) is 2. The average Bonchev–Trinajstić information content (AvgIpc) is 3.42. The van der Waals surface area contributed by atoms with Crippen molar-refractivity contribution < 1.29 is 9.59 Å². The van der Waals surface area contributed by atoms with Crippen LogP contribution in [-0.4, -0.2) is 18.4 Å². The second-order valence-corrected chi connectivity index (χ2v) is 8.49. The fourth-order valence-electron chi connectivity index (χ4n) is 4.12. The van der Waals surface area contributed by atoms with Gasteiger partial charge in [-0.2, -0.15) is 0 Å². The highest BCUT2D eigenvalue weighted by atomic mass is 16.2. The molecule has 2 fully saturated rings. The molecule has 2 aliphatic rings. The Kier molecular flexibility index (Phi) is 6.28. The second-order valence-electron chi connectivity index (χ2n) is 8.49. The lowest BCUT2D eigenvalue weighted by Gasteiger charge is -2.26. The third-order valence-corrected chi connectivity index (χ3v) is 6.03. The van der Waals surface area contributed by atoms with Crippen LogP contribution in [0.2, 0.25) is 0 Å². The molecule has 4 rings (SSSR count). The van der Waals surface area contributed by atoms with Gasteiger partial charge in [0.05, 0.1) is 13.0 Å². The first kappa shape index (κ1) is 19.7. The molecule has 0 radical (unpaired) electrons. The van der Waals surface area contributed by atoms with E-state index in [1.807, 2.05) is 47.4 Å². The van der Waals surface area contributed by atoms with Gasteiger partial charge in [-0.3, -0.25) is 9.59 Å². The molecule has 0 aromatic heterocycles. The zero-order valence-electron chi connectivity index (χ0n) is 17.0. The van der Waals surface area contributed by atoms with Crippen LogP contribution in [0.25, 0.3) is 0 Å². The van der Waals surface area contributed by atoms with Gasteiger partial charge in [-0.15, -0.1) is 0 Å². The zero-order chi connectivity index (χ0) is 20.1. The predicted molar refractivity (Wildman–Crippen MR) is 115 cm³/mol. The molecule has 0 saturated heterocycles. The Morgan fingerprint density at radius 2 is 1.62 bits per heavy atom. The minimum atomic E-state index is 0.0609. The van der Waals surface area contributed by atoms with Gasteiger partial charge in [-0.05, 0) is 54.9 Å². The number of hydrogen-bond donors (Lipinski definition) is 1. The Labute approximate surface area is 173 Å². The number of benzene rings is 2. The SMILES string of the molecule is O=C(Cc1cccc(N(Cc2ccccc2)C(=O)C2CCCC2)c1)NCC1CC1. The van der Waals surface area contributed by atoms with E-state index in [0.29, 0.717) is 18.9 Å². The molecule has 0 bridgehead atoms. The van der Waals surface area contributed by atoms with E-state index in [9.17, 15) is 9.59 Å². The van der Waals surface area contributed by atoms with Crippen LogP contribution in [0.5, 0.6) is 0 Å². The minimum absolute atomic E-state index is 0.0609. The molecule has 0 spiro atoms. The van der Waals surface area contributed by atoms with E-state index in [4.69, 9.17) is 0 Å². The molecular formula is C25H30N2O2. The molecule has 0 unspecified atom stereocenters. The van der Waals surface area contributed by atoms with Gasteiger partial charge < -0.3 is 10.2 Å². The zero-order valence-corrected chi connectivity index (χ0v) is 17.0. The van der Waals surface area contributed by atoms with Crippen molar-refractivity contribution in [3.05, 3.63) is 65.7 Å². The van der Waals surface area contributed by atoms with Gasteiger partial charge in [0.15, 0.2) is 0 Å².